The largest absolute Gasteiger partial charge is 0.423 e. The first-order valence-electron chi connectivity index (χ1n) is 8.65. The molecule has 0 aliphatic heterocycles. The molecule has 2 aromatic carbocycles. The standard InChI is InChI=1S/C20H20N2O3/c1-22(12-18(23)21-15-7-8-15)11-14-10-19(24)25-17-9-6-13-4-2-3-5-16(13)20(14)17/h2-6,9-10,15H,7-8,11-12H2,1H3,(H,21,23)/p+1. The molecule has 1 aliphatic carbocycles. The van der Waals surface area contributed by atoms with Crippen LogP contribution in [0.5, 0.6) is 0 Å². The minimum Gasteiger partial charge on any atom is -0.423 e. The van der Waals surface area contributed by atoms with Gasteiger partial charge in [0, 0.05) is 23.1 Å². The van der Waals surface area contributed by atoms with Crippen molar-refractivity contribution in [1.29, 1.82) is 0 Å². The summed E-state index contributed by atoms with van der Waals surface area (Å²) in [6.07, 6.45) is 2.17. The van der Waals surface area contributed by atoms with Crippen LogP contribution in [0.2, 0.25) is 0 Å². The zero-order valence-corrected chi connectivity index (χ0v) is 14.2. The van der Waals surface area contributed by atoms with Crippen LogP contribution in [-0.2, 0) is 11.3 Å². The predicted molar refractivity (Wildman–Crippen MR) is 96.6 cm³/mol. The second-order valence-electron chi connectivity index (χ2n) is 6.90. The smallest absolute Gasteiger partial charge is 0.336 e. The SMILES string of the molecule is C[NH+](CC(=O)NC1CC1)Cc1cc(=O)oc2ccc3ccccc3c12. The average molecular weight is 337 g/mol. The van der Waals surface area contributed by atoms with Crippen molar-refractivity contribution >= 4 is 27.6 Å². The Morgan fingerprint density at radius 2 is 2.04 bits per heavy atom. The first-order chi connectivity index (χ1) is 12.1. The number of amides is 1. The van der Waals surface area contributed by atoms with E-state index in [1.165, 1.54) is 0 Å². The third-order valence-electron chi connectivity index (χ3n) is 4.61. The number of hydrogen-bond acceptors (Lipinski definition) is 3. The van der Waals surface area contributed by atoms with Crippen LogP contribution in [0.1, 0.15) is 18.4 Å². The predicted octanol–water partition coefficient (Wildman–Crippen LogP) is 1.24. The van der Waals surface area contributed by atoms with Crippen molar-refractivity contribution in [1.82, 2.24) is 5.32 Å². The molecule has 128 valence electrons. The van der Waals surface area contributed by atoms with Crippen molar-refractivity contribution in [3.63, 3.8) is 0 Å². The molecule has 0 bridgehead atoms. The van der Waals surface area contributed by atoms with Gasteiger partial charge in [0.2, 0.25) is 0 Å². The van der Waals surface area contributed by atoms with Crippen molar-refractivity contribution in [2.45, 2.75) is 25.4 Å². The molecule has 1 amide bonds. The molecule has 5 nitrogen and oxygen atoms in total. The molecule has 1 fully saturated rings. The Bertz CT molecular complexity index is 1000. The normalized spacial score (nSPS) is 15.4. The lowest BCUT2D eigenvalue weighted by Crippen LogP contribution is -3.09. The number of fused-ring (bicyclic) bond motifs is 3. The van der Waals surface area contributed by atoms with Crippen LogP contribution < -0.4 is 15.8 Å². The maximum Gasteiger partial charge on any atom is 0.336 e. The van der Waals surface area contributed by atoms with Crippen LogP contribution in [0.15, 0.2) is 51.7 Å². The van der Waals surface area contributed by atoms with E-state index in [9.17, 15) is 9.59 Å². The van der Waals surface area contributed by atoms with Gasteiger partial charge in [0.05, 0.1) is 7.05 Å². The minimum absolute atomic E-state index is 0.0668. The molecule has 1 unspecified atom stereocenters. The van der Waals surface area contributed by atoms with Gasteiger partial charge in [-0.3, -0.25) is 4.79 Å². The van der Waals surface area contributed by atoms with Gasteiger partial charge in [-0.15, -0.1) is 0 Å². The molecular formula is C20H21N2O3+. The number of quaternary nitrogens is 1. The number of hydrogen-bond donors (Lipinski definition) is 2. The van der Waals surface area contributed by atoms with Crippen LogP contribution in [0.3, 0.4) is 0 Å². The molecule has 0 spiro atoms. The van der Waals surface area contributed by atoms with Gasteiger partial charge in [0.25, 0.3) is 5.91 Å². The Kier molecular flexibility index (Phi) is 4.01. The van der Waals surface area contributed by atoms with Crippen molar-refractivity contribution in [2.24, 2.45) is 0 Å². The molecule has 25 heavy (non-hydrogen) atoms. The van der Waals surface area contributed by atoms with E-state index < -0.39 is 0 Å². The van der Waals surface area contributed by atoms with Crippen molar-refractivity contribution in [3.8, 4) is 0 Å². The number of benzene rings is 2. The number of carbonyl (C=O) groups is 1. The zero-order valence-electron chi connectivity index (χ0n) is 14.2. The Morgan fingerprint density at radius 1 is 1.24 bits per heavy atom. The number of likely N-dealkylation sites (N-methyl/N-ethyl adjacent to an activating group) is 1. The maximum absolute atomic E-state index is 12.0. The van der Waals surface area contributed by atoms with Crippen molar-refractivity contribution in [3.05, 3.63) is 58.4 Å². The van der Waals surface area contributed by atoms with E-state index in [-0.39, 0.29) is 11.5 Å². The topological polar surface area (TPSA) is 63.8 Å². The summed E-state index contributed by atoms with van der Waals surface area (Å²) in [5.74, 6) is 0.0668. The van der Waals surface area contributed by atoms with E-state index in [1.54, 1.807) is 6.07 Å². The fraction of sp³-hybridized carbons (Fsp3) is 0.300. The summed E-state index contributed by atoms with van der Waals surface area (Å²) in [5.41, 5.74) is 1.16. The third kappa shape index (κ3) is 3.42. The number of carbonyl (C=O) groups excluding carboxylic acids is 1. The van der Waals surface area contributed by atoms with E-state index in [1.807, 2.05) is 43.4 Å². The Labute approximate surface area is 145 Å². The minimum atomic E-state index is -0.354. The Balaban J connectivity index is 1.68. The van der Waals surface area contributed by atoms with E-state index in [2.05, 4.69) is 5.32 Å². The molecule has 0 saturated heterocycles. The van der Waals surface area contributed by atoms with Gasteiger partial charge in [0.1, 0.15) is 12.1 Å². The number of rotatable bonds is 5. The van der Waals surface area contributed by atoms with Crippen molar-refractivity contribution < 1.29 is 14.1 Å². The molecule has 1 saturated carbocycles. The van der Waals surface area contributed by atoms with Gasteiger partial charge in [-0.1, -0.05) is 30.3 Å². The van der Waals surface area contributed by atoms with Crippen LogP contribution in [0, 0.1) is 0 Å². The second-order valence-corrected chi connectivity index (χ2v) is 6.90. The summed E-state index contributed by atoms with van der Waals surface area (Å²) in [7, 11) is 1.97. The summed E-state index contributed by atoms with van der Waals surface area (Å²) < 4.78 is 5.39. The monoisotopic (exact) mass is 337 g/mol. The summed E-state index contributed by atoms with van der Waals surface area (Å²) in [4.78, 5) is 25.0. The summed E-state index contributed by atoms with van der Waals surface area (Å²) >= 11 is 0. The van der Waals surface area contributed by atoms with Crippen molar-refractivity contribution in [2.75, 3.05) is 13.6 Å². The lowest BCUT2D eigenvalue weighted by atomic mass is 10.0. The van der Waals surface area contributed by atoms with E-state index in [4.69, 9.17) is 4.42 Å². The first-order valence-corrected chi connectivity index (χ1v) is 8.65. The van der Waals surface area contributed by atoms with E-state index >= 15 is 0 Å². The molecule has 1 aromatic heterocycles. The Hall–Kier alpha value is -2.66. The second kappa shape index (κ2) is 6.33. The summed E-state index contributed by atoms with van der Waals surface area (Å²) in [5, 5.41) is 6.14. The molecule has 3 aromatic rings. The maximum atomic E-state index is 12.0. The first kappa shape index (κ1) is 15.8. The van der Waals surface area contributed by atoms with Crippen LogP contribution in [-0.4, -0.2) is 25.5 Å². The van der Waals surface area contributed by atoms with E-state index in [0.717, 1.165) is 39.5 Å². The van der Waals surface area contributed by atoms with Crippen LogP contribution in [0.4, 0.5) is 0 Å². The molecule has 2 N–H and O–H groups in total. The average Bonchev–Trinajstić information content (AvgIpc) is 3.37. The fourth-order valence-corrected chi connectivity index (χ4v) is 3.33. The zero-order chi connectivity index (χ0) is 17.4. The van der Waals surface area contributed by atoms with Crippen LogP contribution >= 0.6 is 0 Å². The lowest BCUT2D eigenvalue weighted by Gasteiger charge is -2.15. The number of nitrogens with one attached hydrogen (secondary N) is 2. The molecular weight excluding hydrogens is 316 g/mol. The van der Waals surface area contributed by atoms with E-state index in [0.29, 0.717) is 24.7 Å². The van der Waals surface area contributed by atoms with Gasteiger partial charge in [-0.25, -0.2) is 4.79 Å². The highest BCUT2D eigenvalue weighted by Gasteiger charge is 2.24. The van der Waals surface area contributed by atoms with Gasteiger partial charge in [0.15, 0.2) is 6.54 Å². The molecule has 4 rings (SSSR count). The highest BCUT2D eigenvalue weighted by Crippen LogP contribution is 2.27. The summed E-state index contributed by atoms with van der Waals surface area (Å²) in [6.45, 7) is 0.983. The van der Waals surface area contributed by atoms with Gasteiger partial charge >= 0.3 is 5.63 Å². The highest BCUT2D eigenvalue weighted by atomic mass is 16.4. The summed E-state index contributed by atoms with van der Waals surface area (Å²) in [6, 6.07) is 13.8. The van der Waals surface area contributed by atoms with Gasteiger partial charge < -0.3 is 14.6 Å². The highest BCUT2D eigenvalue weighted by molar-refractivity contribution is 6.06. The fourth-order valence-electron chi connectivity index (χ4n) is 3.33. The van der Waals surface area contributed by atoms with Crippen LogP contribution in [0.25, 0.3) is 21.7 Å². The molecule has 5 heteroatoms. The molecule has 1 aliphatic rings. The van der Waals surface area contributed by atoms with Gasteiger partial charge in [-0.2, -0.15) is 0 Å². The quantitative estimate of drug-likeness (QED) is 0.544. The van der Waals surface area contributed by atoms with Gasteiger partial charge in [-0.05, 0) is 29.7 Å². The molecule has 1 heterocycles. The molecule has 1 atom stereocenters. The Morgan fingerprint density at radius 3 is 2.84 bits per heavy atom. The lowest BCUT2D eigenvalue weighted by molar-refractivity contribution is -0.885. The third-order valence-corrected chi connectivity index (χ3v) is 4.61. The molecule has 0 radical (unpaired) electrons.